The number of urea groups is 1. The fourth-order valence-electron chi connectivity index (χ4n) is 4.51. The number of primary amides is 1. The lowest BCUT2D eigenvalue weighted by Gasteiger charge is -2.30. The van der Waals surface area contributed by atoms with E-state index in [9.17, 15) is 37.1 Å². The van der Waals surface area contributed by atoms with Gasteiger partial charge in [0.1, 0.15) is 11.8 Å². The number of aromatic nitrogens is 2. The number of rotatable bonds is 4. The molecule has 3 aromatic rings. The van der Waals surface area contributed by atoms with Crippen molar-refractivity contribution in [2.75, 3.05) is 5.32 Å². The van der Waals surface area contributed by atoms with Gasteiger partial charge in [0.05, 0.1) is 16.5 Å². The number of pyridine rings is 1. The zero-order chi connectivity index (χ0) is 27.4. The number of hydrogen-bond donors (Lipinski definition) is 2. The van der Waals surface area contributed by atoms with E-state index in [1.54, 1.807) is 12.1 Å². The minimum absolute atomic E-state index is 0.114. The first-order chi connectivity index (χ1) is 18.0. The maximum atomic E-state index is 13.1. The molecule has 2 aromatic heterocycles. The van der Waals surface area contributed by atoms with E-state index >= 15 is 0 Å². The van der Waals surface area contributed by atoms with Crippen molar-refractivity contribution in [2.24, 2.45) is 11.7 Å². The summed E-state index contributed by atoms with van der Waals surface area (Å²) in [5.74, 6) is -4.27. The molecule has 2 aliphatic heterocycles. The van der Waals surface area contributed by atoms with Gasteiger partial charge in [0, 0.05) is 28.9 Å². The average molecular weight is 564 g/mol. The molecule has 196 valence electrons. The topological polar surface area (TPSA) is 144 Å². The SMILES string of the molecule is NC(=O)N1C(=O)C2Sc3c(sc(=O)n3CC(=O)Nc3cccc(C(F)(F)F)c3)C(c3cccnc3)C2C1=O. The number of thioether (sulfide) groups is 1. The van der Waals surface area contributed by atoms with Gasteiger partial charge in [-0.2, -0.15) is 18.1 Å². The fraction of sp³-hybridized carbons (Fsp3) is 0.217. The lowest BCUT2D eigenvalue weighted by atomic mass is 9.84. The maximum absolute atomic E-state index is 13.1. The van der Waals surface area contributed by atoms with Gasteiger partial charge in [-0.15, -0.1) is 0 Å². The average Bonchev–Trinajstić information content (AvgIpc) is 3.30. The summed E-state index contributed by atoms with van der Waals surface area (Å²) < 4.78 is 40.2. The van der Waals surface area contributed by atoms with Crippen LogP contribution in [-0.2, 0) is 27.1 Å². The number of nitrogens with zero attached hydrogens (tertiary/aromatic N) is 3. The van der Waals surface area contributed by atoms with E-state index in [0.29, 0.717) is 15.3 Å². The molecule has 1 aromatic carbocycles. The highest BCUT2D eigenvalue weighted by Crippen LogP contribution is 2.53. The van der Waals surface area contributed by atoms with E-state index in [2.05, 4.69) is 10.3 Å². The van der Waals surface area contributed by atoms with Gasteiger partial charge in [-0.3, -0.25) is 28.7 Å². The summed E-state index contributed by atoms with van der Waals surface area (Å²) in [6, 6.07) is 6.09. The van der Waals surface area contributed by atoms with Crippen molar-refractivity contribution in [2.45, 2.75) is 28.9 Å². The Morgan fingerprint density at radius 3 is 2.53 bits per heavy atom. The van der Waals surface area contributed by atoms with Crippen LogP contribution in [0.3, 0.4) is 0 Å². The van der Waals surface area contributed by atoms with Crippen LogP contribution < -0.4 is 15.9 Å². The number of nitrogens with two attached hydrogens (primary N) is 1. The molecule has 2 aliphatic rings. The lowest BCUT2D eigenvalue weighted by molar-refractivity contribution is -0.138. The molecule has 0 radical (unpaired) electrons. The summed E-state index contributed by atoms with van der Waals surface area (Å²) in [5.41, 5.74) is 4.72. The zero-order valence-electron chi connectivity index (χ0n) is 19.0. The van der Waals surface area contributed by atoms with Gasteiger partial charge in [-0.25, -0.2) is 4.79 Å². The van der Waals surface area contributed by atoms with E-state index in [0.717, 1.165) is 45.9 Å². The number of amides is 5. The first-order valence-corrected chi connectivity index (χ1v) is 12.6. The summed E-state index contributed by atoms with van der Waals surface area (Å²) in [5, 5.41) is 1.49. The first-order valence-electron chi connectivity index (χ1n) is 10.9. The molecule has 3 unspecified atom stereocenters. The van der Waals surface area contributed by atoms with Gasteiger partial charge in [-0.1, -0.05) is 35.2 Å². The normalized spacial score (nSPS) is 20.7. The van der Waals surface area contributed by atoms with E-state index in [1.165, 1.54) is 18.5 Å². The third-order valence-electron chi connectivity index (χ3n) is 6.09. The van der Waals surface area contributed by atoms with Crippen LogP contribution in [-0.4, -0.2) is 43.5 Å². The summed E-state index contributed by atoms with van der Waals surface area (Å²) in [7, 11) is 0. The van der Waals surface area contributed by atoms with Crippen LogP contribution in [0.15, 0.2) is 58.6 Å². The van der Waals surface area contributed by atoms with Gasteiger partial charge in [-0.05, 0) is 29.8 Å². The molecule has 3 N–H and O–H groups in total. The van der Waals surface area contributed by atoms with Crippen LogP contribution in [0.1, 0.15) is 21.9 Å². The minimum atomic E-state index is -4.61. The molecule has 5 rings (SSSR count). The number of hydrogen-bond acceptors (Lipinski definition) is 8. The van der Waals surface area contributed by atoms with E-state index in [-0.39, 0.29) is 10.7 Å². The van der Waals surface area contributed by atoms with Crippen molar-refractivity contribution >= 4 is 52.5 Å². The van der Waals surface area contributed by atoms with Crippen LogP contribution in [0.4, 0.5) is 23.7 Å². The first kappa shape index (κ1) is 25.7. The number of nitrogens with one attached hydrogen (secondary N) is 1. The van der Waals surface area contributed by atoms with Crippen LogP contribution in [0.25, 0.3) is 0 Å². The van der Waals surface area contributed by atoms with Gasteiger partial charge in [0.25, 0.3) is 5.91 Å². The second-order valence-corrected chi connectivity index (χ2v) is 10.6. The van der Waals surface area contributed by atoms with Crippen LogP contribution in [0.5, 0.6) is 0 Å². The molecule has 38 heavy (non-hydrogen) atoms. The van der Waals surface area contributed by atoms with E-state index in [1.807, 2.05) is 0 Å². The summed E-state index contributed by atoms with van der Waals surface area (Å²) >= 11 is 1.63. The van der Waals surface area contributed by atoms with Gasteiger partial charge < -0.3 is 11.1 Å². The minimum Gasteiger partial charge on any atom is -0.351 e. The van der Waals surface area contributed by atoms with Crippen molar-refractivity contribution in [3.8, 4) is 0 Å². The fourth-order valence-corrected chi connectivity index (χ4v) is 7.28. The molecular weight excluding hydrogens is 547 g/mol. The Balaban J connectivity index is 1.51. The summed E-state index contributed by atoms with van der Waals surface area (Å²) in [6.45, 7) is -0.563. The molecule has 0 spiro atoms. The van der Waals surface area contributed by atoms with Gasteiger partial charge in [0.2, 0.25) is 11.8 Å². The molecule has 1 fully saturated rings. The monoisotopic (exact) mass is 563 g/mol. The highest BCUT2D eigenvalue weighted by molar-refractivity contribution is 8.00. The number of alkyl halides is 3. The van der Waals surface area contributed by atoms with Crippen LogP contribution in [0, 0.1) is 5.92 Å². The third-order valence-corrected chi connectivity index (χ3v) is 8.69. The Hall–Kier alpha value is -3.98. The van der Waals surface area contributed by atoms with Crippen molar-refractivity contribution in [3.63, 3.8) is 0 Å². The third kappa shape index (κ3) is 4.36. The van der Waals surface area contributed by atoms with Crippen molar-refractivity contribution in [1.29, 1.82) is 0 Å². The largest absolute Gasteiger partial charge is 0.416 e. The van der Waals surface area contributed by atoms with Crippen LogP contribution in [0.2, 0.25) is 0 Å². The predicted molar refractivity (Wildman–Crippen MR) is 129 cm³/mol. The summed E-state index contributed by atoms with van der Waals surface area (Å²) in [6.07, 6.45) is -1.63. The molecular formula is C23H16F3N5O5S2. The number of anilines is 1. The number of imide groups is 3. The molecule has 0 bridgehead atoms. The molecule has 4 heterocycles. The van der Waals surface area contributed by atoms with E-state index < -0.39 is 64.0 Å². The highest BCUT2D eigenvalue weighted by atomic mass is 32.2. The zero-order valence-corrected chi connectivity index (χ0v) is 20.6. The second-order valence-electron chi connectivity index (χ2n) is 8.43. The van der Waals surface area contributed by atoms with Gasteiger partial charge in [0.15, 0.2) is 0 Å². The van der Waals surface area contributed by atoms with Crippen molar-refractivity contribution in [3.05, 3.63) is 74.5 Å². The number of fused-ring (bicyclic) bond motifs is 2. The number of likely N-dealkylation sites (tertiary alicyclic amines) is 1. The predicted octanol–water partition coefficient (Wildman–Crippen LogP) is 2.63. The van der Waals surface area contributed by atoms with Crippen molar-refractivity contribution < 1.29 is 32.3 Å². The molecule has 5 amide bonds. The maximum Gasteiger partial charge on any atom is 0.416 e. The molecule has 0 aliphatic carbocycles. The second kappa shape index (κ2) is 9.40. The Bertz CT molecular complexity index is 1540. The number of thiazole rings is 1. The molecule has 3 atom stereocenters. The highest BCUT2D eigenvalue weighted by Gasteiger charge is 2.58. The van der Waals surface area contributed by atoms with Gasteiger partial charge >= 0.3 is 17.1 Å². The number of halogens is 3. The molecule has 0 saturated carbocycles. The summed E-state index contributed by atoms with van der Waals surface area (Å²) in [4.78, 5) is 68.0. The smallest absolute Gasteiger partial charge is 0.351 e. The number of carbonyl (C=O) groups is 4. The Labute approximate surface area is 219 Å². The Kier molecular flexibility index (Phi) is 6.35. The quantitative estimate of drug-likeness (QED) is 0.465. The molecule has 10 nitrogen and oxygen atoms in total. The van der Waals surface area contributed by atoms with Crippen molar-refractivity contribution in [1.82, 2.24) is 14.5 Å². The van der Waals surface area contributed by atoms with Crippen LogP contribution >= 0.6 is 23.1 Å². The standard InChI is InChI=1S/C23H16F3N5O5S2/c24-23(25,26)11-4-1-5-12(7-11)29-13(32)9-30-20-17(38-22(30)36)14(10-3-2-6-28-8-10)15-16(37-20)19(34)31(18(15)33)21(27)35/h1-8,14-16H,9H2,(H2,27,35)(H,29,32). The number of benzene rings is 1. The Morgan fingerprint density at radius 2 is 1.87 bits per heavy atom. The number of carbonyl (C=O) groups excluding carboxylic acids is 4. The molecule has 1 saturated heterocycles. The lowest BCUT2D eigenvalue weighted by Crippen LogP contribution is -2.41. The van der Waals surface area contributed by atoms with E-state index in [4.69, 9.17) is 5.73 Å². The molecule has 15 heteroatoms. The Morgan fingerprint density at radius 1 is 1.11 bits per heavy atom.